The van der Waals surface area contributed by atoms with E-state index in [0.717, 1.165) is 37.3 Å². The van der Waals surface area contributed by atoms with Crippen LogP contribution in [-0.4, -0.2) is 42.0 Å². The molecule has 0 aliphatic carbocycles. The molecule has 4 rings (SSSR count). The number of likely N-dealkylation sites (tertiary alicyclic amines) is 1. The number of carbonyl (C=O) groups is 1. The topological polar surface area (TPSA) is 39.3 Å². The van der Waals surface area contributed by atoms with Gasteiger partial charge in [0, 0.05) is 56.1 Å². The van der Waals surface area contributed by atoms with Crippen LogP contribution in [0.1, 0.15) is 15.9 Å². The molecule has 0 saturated carbocycles. The van der Waals surface area contributed by atoms with Crippen molar-refractivity contribution in [3.05, 3.63) is 53.9 Å². The number of anilines is 1. The van der Waals surface area contributed by atoms with Gasteiger partial charge in [0.25, 0.3) is 5.91 Å². The number of amides is 1. The first kappa shape index (κ1) is 13.4. The minimum absolute atomic E-state index is 0.180. The van der Waals surface area contributed by atoms with Gasteiger partial charge < -0.3 is 14.8 Å². The molecule has 3 heterocycles. The van der Waals surface area contributed by atoms with Crippen LogP contribution in [0.3, 0.4) is 0 Å². The number of aromatic amines is 1. The highest BCUT2D eigenvalue weighted by molar-refractivity contribution is 5.95. The molecule has 2 aliphatic rings. The molecule has 1 N–H and O–H groups in total. The van der Waals surface area contributed by atoms with Gasteiger partial charge in [0.1, 0.15) is 0 Å². The van der Waals surface area contributed by atoms with Crippen molar-refractivity contribution < 1.29 is 4.79 Å². The molecule has 1 aromatic carbocycles. The number of aryl methyl sites for hydroxylation is 1. The average molecular weight is 295 g/mol. The molecule has 0 radical (unpaired) electrons. The minimum atomic E-state index is 0.180. The molecule has 2 fully saturated rings. The van der Waals surface area contributed by atoms with Crippen molar-refractivity contribution in [2.24, 2.45) is 11.8 Å². The zero-order valence-electron chi connectivity index (χ0n) is 12.8. The quantitative estimate of drug-likeness (QED) is 0.925. The van der Waals surface area contributed by atoms with E-state index in [1.165, 1.54) is 5.69 Å². The monoisotopic (exact) mass is 295 g/mol. The van der Waals surface area contributed by atoms with Crippen molar-refractivity contribution in [2.75, 3.05) is 31.1 Å². The van der Waals surface area contributed by atoms with Crippen molar-refractivity contribution >= 4 is 11.6 Å². The number of rotatable bonds is 2. The number of hydrogen-bond donors (Lipinski definition) is 1. The number of aromatic nitrogens is 1. The van der Waals surface area contributed by atoms with Crippen LogP contribution < -0.4 is 4.90 Å². The summed E-state index contributed by atoms with van der Waals surface area (Å²) >= 11 is 0. The van der Waals surface area contributed by atoms with Gasteiger partial charge in [-0.15, -0.1) is 0 Å². The fourth-order valence-electron chi connectivity index (χ4n) is 3.85. The van der Waals surface area contributed by atoms with Gasteiger partial charge in [-0.3, -0.25) is 4.79 Å². The fraction of sp³-hybridized carbons (Fsp3) is 0.389. The van der Waals surface area contributed by atoms with E-state index < -0.39 is 0 Å². The Kier molecular flexibility index (Phi) is 3.17. The van der Waals surface area contributed by atoms with E-state index >= 15 is 0 Å². The van der Waals surface area contributed by atoms with Crippen LogP contribution in [0, 0.1) is 18.8 Å². The van der Waals surface area contributed by atoms with E-state index in [1.54, 1.807) is 0 Å². The Morgan fingerprint density at radius 1 is 1.05 bits per heavy atom. The Bertz CT molecular complexity index is 665. The number of para-hydroxylation sites is 1. The summed E-state index contributed by atoms with van der Waals surface area (Å²) < 4.78 is 0. The molecule has 2 saturated heterocycles. The Hall–Kier alpha value is -2.23. The van der Waals surface area contributed by atoms with Crippen LogP contribution in [0.5, 0.6) is 0 Å². The molecule has 0 spiro atoms. The van der Waals surface area contributed by atoms with Gasteiger partial charge in [-0.05, 0) is 24.6 Å². The molecule has 4 heteroatoms. The molecule has 2 atom stereocenters. The van der Waals surface area contributed by atoms with Crippen molar-refractivity contribution in [1.29, 1.82) is 0 Å². The predicted octanol–water partition coefficient (Wildman–Crippen LogP) is 2.53. The zero-order chi connectivity index (χ0) is 15.1. The lowest BCUT2D eigenvalue weighted by Gasteiger charge is -2.23. The standard InChI is InChI=1S/C18H21N3O/c1-13-7-19-8-17(13)18(22)21-11-14-9-20(10-15(14)12-21)16-5-3-2-4-6-16/h2-8,14-15,19H,9-12H2,1H3/t14-,15-/m1/s1. The van der Waals surface area contributed by atoms with Gasteiger partial charge in [-0.2, -0.15) is 0 Å². The number of benzene rings is 1. The molecule has 4 nitrogen and oxygen atoms in total. The molecule has 114 valence electrons. The maximum atomic E-state index is 12.6. The van der Waals surface area contributed by atoms with Crippen LogP contribution >= 0.6 is 0 Å². The first-order valence-corrected chi connectivity index (χ1v) is 7.95. The van der Waals surface area contributed by atoms with E-state index in [2.05, 4.69) is 40.2 Å². The van der Waals surface area contributed by atoms with Gasteiger partial charge in [0.2, 0.25) is 0 Å². The van der Waals surface area contributed by atoms with Crippen LogP contribution in [0.15, 0.2) is 42.7 Å². The van der Waals surface area contributed by atoms with Gasteiger partial charge in [-0.1, -0.05) is 18.2 Å². The highest BCUT2D eigenvalue weighted by Gasteiger charge is 2.41. The minimum Gasteiger partial charge on any atom is -0.371 e. The van der Waals surface area contributed by atoms with Gasteiger partial charge in [0.15, 0.2) is 0 Å². The maximum Gasteiger partial charge on any atom is 0.255 e. The molecular formula is C18H21N3O. The SMILES string of the molecule is Cc1c[nH]cc1C(=O)N1C[C@H]2CN(c3ccccc3)C[C@@H]2C1. The second-order valence-electron chi connectivity index (χ2n) is 6.52. The van der Waals surface area contributed by atoms with Gasteiger partial charge in [-0.25, -0.2) is 0 Å². The van der Waals surface area contributed by atoms with Crippen molar-refractivity contribution in [3.63, 3.8) is 0 Å². The van der Waals surface area contributed by atoms with Gasteiger partial charge >= 0.3 is 0 Å². The summed E-state index contributed by atoms with van der Waals surface area (Å²) in [5.74, 6) is 1.38. The highest BCUT2D eigenvalue weighted by Crippen LogP contribution is 2.34. The second-order valence-corrected chi connectivity index (χ2v) is 6.52. The summed E-state index contributed by atoms with van der Waals surface area (Å²) in [5, 5.41) is 0. The van der Waals surface area contributed by atoms with E-state index in [1.807, 2.05) is 24.2 Å². The van der Waals surface area contributed by atoms with E-state index in [4.69, 9.17) is 0 Å². The Morgan fingerprint density at radius 3 is 2.32 bits per heavy atom. The summed E-state index contributed by atoms with van der Waals surface area (Å²) in [5.41, 5.74) is 3.16. The zero-order valence-corrected chi connectivity index (χ0v) is 12.8. The van der Waals surface area contributed by atoms with Crippen LogP contribution in [0.4, 0.5) is 5.69 Å². The van der Waals surface area contributed by atoms with Crippen molar-refractivity contribution in [1.82, 2.24) is 9.88 Å². The van der Waals surface area contributed by atoms with Crippen LogP contribution in [0.25, 0.3) is 0 Å². The second kappa shape index (κ2) is 5.20. The number of hydrogen-bond acceptors (Lipinski definition) is 2. The van der Waals surface area contributed by atoms with E-state index in [9.17, 15) is 4.79 Å². The molecule has 1 aromatic heterocycles. The normalized spacial score (nSPS) is 23.9. The fourth-order valence-corrected chi connectivity index (χ4v) is 3.85. The summed E-state index contributed by atoms with van der Waals surface area (Å²) in [6.45, 7) is 5.88. The third-order valence-corrected chi connectivity index (χ3v) is 5.08. The summed E-state index contributed by atoms with van der Waals surface area (Å²) in [4.78, 5) is 20.1. The maximum absolute atomic E-state index is 12.6. The Labute approximate surface area is 130 Å². The van der Waals surface area contributed by atoms with Crippen LogP contribution in [0.2, 0.25) is 0 Å². The summed E-state index contributed by atoms with van der Waals surface area (Å²) in [6.07, 6.45) is 3.71. The molecule has 0 bridgehead atoms. The molecular weight excluding hydrogens is 274 g/mol. The third kappa shape index (κ3) is 2.19. The summed E-state index contributed by atoms with van der Waals surface area (Å²) in [6, 6.07) is 10.6. The molecule has 2 aromatic rings. The van der Waals surface area contributed by atoms with E-state index in [-0.39, 0.29) is 5.91 Å². The molecule has 2 aliphatic heterocycles. The number of carbonyl (C=O) groups excluding carboxylic acids is 1. The number of fused-ring (bicyclic) bond motifs is 1. The highest BCUT2D eigenvalue weighted by atomic mass is 16.2. The Morgan fingerprint density at radius 2 is 1.73 bits per heavy atom. The lowest BCUT2D eigenvalue weighted by Crippen LogP contribution is -2.33. The predicted molar refractivity (Wildman–Crippen MR) is 87.1 cm³/mol. The summed E-state index contributed by atoms with van der Waals surface area (Å²) in [7, 11) is 0. The lowest BCUT2D eigenvalue weighted by atomic mass is 10.0. The Balaban J connectivity index is 1.44. The lowest BCUT2D eigenvalue weighted by molar-refractivity contribution is 0.0782. The first-order valence-electron chi connectivity index (χ1n) is 7.95. The first-order chi connectivity index (χ1) is 10.7. The van der Waals surface area contributed by atoms with Gasteiger partial charge in [0.05, 0.1) is 5.56 Å². The third-order valence-electron chi connectivity index (χ3n) is 5.08. The number of nitrogens with zero attached hydrogens (tertiary/aromatic N) is 2. The smallest absolute Gasteiger partial charge is 0.255 e. The molecule has 1 amide bonds. The average Bonchev–Trinajstić information content (AvgIpc) is 3.21. The number of H-pyrrole nitrogens is 1. The number of nitrogens with one attached hydrogen (secondary N) is 1. The van der Waals surface area contributed by atoms with Crippen LogP contribution in [-0.2, 0) is 0 Å². The molecule has 22 heavy (non-hydrogen) atoms. The van der Waals surface area contributed by atoms with E-state index in [0.29, 0.717) is 11.8 Å². The van der Waals surface area contributed by atoms with Crippen molar-refractivity contribution in [2.45, 2.75) is 6.92 Å². The largest absolute Gasteiger partial charge is 0.371 e. The molecule has 0 unspecified atom stereocenters. The van der Waals surface area contributed by atoms with Crippen molar-refractivity contribution in [3.8, 4) is 0 Å².